The number of para-hydroxylation sites is 1. The van der Waals surface area contributed by atoms with Crippen molar-refractivity contribution >= 4 is 46.3 Å². The van der Waals surface area contributed by atoms with Crippen molar-refractivity contribution in [1.82, 2.24) is 14.7 Å². The predicted octanol–water partition coefficient (Wildman–Crippen LogP) is 3.36. The van der Waals surface area contributed by atoms with Crippen molar-refractivity contribution in [3.05, 3.63) is 83.4 Å². The minimum Gasteiger partial charge on any atom is -0.548 e. The number of nitrogens with zero attached hydrogens (tertiary/aromatic N) is 3. The average molecular weight is 491 g/mol. The third-order valence-corrected chi connectivity index (χ3v) is 6.41. The first-order valence-electron chi connectivity index (χ1n) is 10.3. The predicted molar refractivity (Wildman–Crippen MR) is 134 cm³/mol. The Morgan fingerprint density at radius 3 is 2.71 bits per heavy atom. The van der Waals surface area contributed by atoms with Gasteiger partial charge in [0, 0.05) is 17.3 Å². The first kappa shape index (κ1) is 23.5. The Bertz CT molecular complexity index is 1310. The summed E-state index contributed by atoms with van der Waals surface area (Å²) in [6.07, 6.45) is 5.20. The van der Waals surface area contributed by atoms with E-state index in [0.717, 1.165) is 33.5 Å². The Morgan fingerprint density at radius 1 is 1.26 bits per heavy atom. The SMILES string of the molecule is C=CCOc1ccc(-c2nn(-c3ccccc3)cc2/C=C2/SC(=S)N(CC(=O)[O-])C2=O)c(C)c1. The molecule has 2 heterocycles. The highest BCUT2D eigenvalue weighted by atomic mass is 32.2. The van der Waals surface area contributed by atoms with Gasteiger partial charge in [-0.3, -0.25) is 9.69 Å². The fourth-order valence-corrected chi connectivity index (χ4v) is 4.71. The summed E-state index contributed by atoms with van der Waals surface area (Å²) in [4.78, 5) is 25.2. The highest BCUT2D eigenvalue weighted by Gasteiger charge is 2.32. The first-order valence-corrected chi connectivity index (χ1v) is 11.5. The van der Waals surface area contributed by atoms with Crippen LogP contribution in [-0.2, 0) is 9.59 Å². The van der Waals surface area contributed by atoms with Crippen molar-refractivity contribution in [2.24, 2.45) is 0 Å². The Morgan fingerprint density at radius 2 is 2.03 bits per heavy atom. The van der Waals surface area contributed by atoms with Gasteiger partial charge in [-0.05, 0) is 48.9 Å². The van der Waals surface area contributed by atoms with E-state index >= 15 is 0 Å². The summed E-state index contributed by atoms with van der Waals surface area (Å²) >= 11 is 6.26. The molecule has 1 saturated heterocycles. The average Bonchev–Trinajstić information content (AvgIpc) is 3.34. The fraction of sp³-hybridized carbons (Fsp3) is 0.120. The third-order valence-electron chi connectivity index (χ3n) is 5.03. The van der Waals surface area contributed by atoms with Crippen molar-refractivity contribution in [3.63, 3.8) is 0 Å². The van der Waals surface area contributed by atoms with E-state index in [-0.39, 0.29) is 4.32 Å². The Labute approximate surface area is 206 Å². The number of aryl methyl sites for hydroxylation is 1. The van der Waals surface area contributed by atoms with Crippen LogP contribution in [0.2, 0.25) is 0 Å². The molecule has 1 aliphatic rings. The van der Waals surface area contributed by atoms with Gasteiger partial charge in [-0.2, -0.15) is 5.10 Å². The van der Waals surface area contributed by atoms with Crippen LogP contribution in [0, 0.1) is 6.92 Å². The number of carbonyl (C=O) groups is 2. The molecule has 0 unspecified atom stereocenters. The summed E-state index contributed by atoms with van der Waals surface area (Å²) in [5, 5.41) is 15.8. The lowest BCUT2D eigenvalue weighted by Crippen LogP contribution is -2.40. The number of benzene rings is 2. The molecular formula is C25H20N3O4S2-. The van der Waals surface area contributed by atoms with Gasteiger partial charge in [-0.25, -0.2) is 4.68 Å². The zero-order chi connectivity index (χ0) is 24.2. The molecule has 7 nitrogen and oxygen atoms in total. The van der Waals surface area contributed by atoms with Crippen LogP contribution in [-0.4, -0.2) is 44.0 Å². The van der Waals surface area contributed by atoms with Gasteiger partial charge in [0.1, 0.15) is 22.4 Å². The Hall–Kier alpha value is -3.69. The summed E-state index contributed by atoms with van der Waals surface area (Å²) < 4.78 is 7.55. The second-order valence-electron chi connectivity index (χ2n) is 7.43. The highest BCUT2D eigenvalue weighted by molar-refractivity contribution is 8.26. The van der Waals surface area contributed by atoms with Gasteiger partial charge in [0.05, 0.1) is 23.1 Å². The van der Waals surface area contributed by atoms with Crippen LogP contribution in [0.3, 0.4) is 0 Å². The number of amides is 1. The van der Waals surface area contributed by atoms with Crippen molar-refractivity contribution in [3.8, 4) is 22.7 Å². The second-order valence-corrected chi connectivity index (χ2v) is 9.11. The van der Waals surface area contributed by atoms with E-state index in [0.29, 0.717) is 28.5 Å². The van der Waals surface area contributed by atoms with Gasteiger partial charge in [0.25, 0.3) is 5.91 Å². The molecule has 1 fully saturated rings. The summed E-state index contributed by atoms with van der Waals surface area (Å²) in [5.41, 5.74) is 4.04. The molecule has 3 aromatic rings. The summed E-state index contributed by atoms with van der Waals surface area (Å²) in [6.45, 7) is 5.45. The molecule has 1 aromatic heterocycles. The monoisotopic (exact) mass is 490 g/mol. The number of thioether (sulfide) groups is 1. The molecule has 0 bridgehead atoms. The molecule has 2 aromatic carbocycles. The van der Waals surface area contributed by atoms with Gasteiger partial charge in [-0.1, -0.05) is 54.8 Å². The molecule has 0 N–H and O–H groups in total. The number of thiocarbonyl (C=S) groups is 1. The molecular weight excluding hydrogens is 470 g/mol. The van der Waals surface area contributed by atoms with Crippen molar-refractivity contribution in [2.75, 3.05) is 13.2 Å². The number of carbonyl (C=O) groups excluding carboxylic acids is 2. The molecule has 0 atom stereocenters. The number of hydrogen-bond donors (Lipinski definition) is 0. The number of rotatable bonds is 8. The molecule has 0 aliphatic carbocycles. The molecule has 0 saturated carbocycles. The Balaban J connectivity index is 1.78. The normalized spacial score (nSPS) is 14.6. The molecule has 1 amide bonds. The fourth-order valence-electron chi connectivity index (χ4n) is 3.47. The standard InChI is InChI=1S/C25H21N3O4S2/c1-3-11-32-19-9-10-20(16(2)12-19)23-17(14-28(26-23)18-7-5-4-6-8-18)13-21-24(31)27(15-22(29)30)25(33)34-21/h3-10,12-14H,1,11,15H2,2H3,(H,29,30)/p-1/b21-13+. The largest absolute Gasteiger partial charge is 0.548 e. The first-order chi connectivity index (χ1) is 16.4. The van der Waals surface area contributed by atoms with Crippen molar-refractivity contribution in [1.29, 1.82) is 0 Å². The van der Waals surface area contributed by atoms with E-state index < -0.39 is 18.4 Å². The maximum absolute atomic E-state index is 12.8. The number of aromatic nitrogens is 2. The minimum absolute atomic E-state index is 0.178. The van der Waals surface area contributed by atoms with Crippen LogP contribution in [0.5, 0.6) is 5.75 Å². The third kappa shape index (κ3) is 4.95. The van der Waals surface area contributed by atoms with Gasteiger partial charge in [0.15, 0.2) is 0 Å². The van der Waals surface area contributed by atoms with Gasteiger partial charge >= 0.3 is 0 Å². The van der Waals surface area contributed by atoms with Crippen LogP contribution < -0.4 is 9.84 Å². The lowest BCUT2D eigenvalue weighted by molar-refractivity contribution is -0.305. The van der Waals surface area contributed by atoms with E-state index in [1.807, 2.05) is 61.7 Å². The maximum Gasteiger partial charge on any atom is 0.266 e. The highest BCUT2D eigenvalue weighted by Crippen LogP contribution is 2.36. The number of ether oxygens (including phenoxy) is 1. The molecule has 0 radical (unpaired) electrons. The molecule has 4 rings (SSSR count). The minimum atomic E-state index is -1.37. The van der Waals surface area contributed by atoms with Crippen LogP contribution in [0.25, 0.3) is 23.0 Å². The van der Waals surface area contributed by atoms with Gasteiger partial charge < -0.3 is 14.6 Å². The summed E-state index contributed by atoms with van der Waals surface area (Å²) in [5.74, 6) is -1.12. The van der Waals surface area contributed by atoms with E-state index in [4.69, 9.17) is 22.1 Å². The van der Waals surface area contributed by atoms with Crippen LogP contribution >= 0.6 is 24.0 Å². The van der Waals surface area contributed by atoms with E-state index in [1.54, 1.807) is 16.8 Å². The lowest BCUT2D eigenvalue weighted by atomic mass is 10.0. The van der Waals surface area contributed by atoms with Crippen LogP contribution in [0.15, 0.2) is 72.3 Å². The quantitative estimate of drug-likeness (QED) is 0.272. The molecule has 0 spiro atoms. The number of carboxylic acids is 1. The van der Waals surface area contributed by atoms with E-state index in [9.17, 15) is 14.7 Å². The maximum atomic E-state index is 12.8. The second kappa shape index (κ2) is 10.1. The van der Waals surface area contributed by atoms with Gasteiger partial charge in [-0.15, -0.1) is 0 Å². The topological polar surface area (TPSA) is 87.5 Å². The smallest absolute Gasteiger partial charge is 0.266 e. The molecule has 1 aliphatic heterocycles. The van der Waals surface area contributed by atoms with E-state index in [2.05, 4.69) is 6.58 Å². The zero-order valence-electron chi connectivity index (χ0n) is 18.3. The van der Waals surface area contributed by atoms with E-state index in [1.165, 1.54) is 0 Å². The summed E-state index contributed by atoms with van der Waals surface area (Å²) in [7, 11) is 0. The van der Waals surface area contributed by atoms with Crippen LogP contribution in [0.1, 0.15) is 11.1 Å². The van der Waals surface area contributed by atoms with Crippen molar-refractivity contribution < 1.29 is 19.4 Å². The Kier molecular flexibility index (Phi) is 6.95. The zero-order valence-corrected chi connectivity index (χ0v) is 19.9. The number of hydrogen-bond acceptors (Lipinski definition) is 7. The molecule has 9 heteroatoms. The molecule has 34 heavy (non-hydrogen) atoms. The lowest BCUT2D eigenvalue weighted by Gasteiger charge is -2.14. The summed E-state index contributed by atoms with van der Waals surface area (Å²) in [6, 6.07) is 15.3. The molecule has 172 valence electrons. The number of aliphatic carboxylic acids is 1. The van der Waals surface area contributed by atoms with Crippen molar-refractivity contribution in [2.45, 2.75) is 6.92 Å². The van der Waals surface area contributed by atoms with Crippen LogP contribution in [0.4, 0.5) is 0 Å². The number of carboxylic acid groups (broad SMARTS) is 1. The van der Waals surface area contributed by atoms with Gasteiger partial charge in [0.2, 0.25) is 0 Å².